The maximum absolute atomic E-state index is 14.2. The third kappa shape index (κ3) is 4.54. The molecular formula is C30H29NO4. The van der Waals surface area contributed by atoms with Crippen LogP contribution in [0.5, 0.6) is 0 Å². The predicted octanol–water partition coefficient (Wildman–Crippen LogP) is 6.31. The fourth-order valence-corrected chi connectivity index (χ4v) is 4.30. The third-order valence-electron chi connectivity index (χ3n) is 5.98. The summed E-state index contributed by atoms with van der Waals surface area (Å²) in [6.07, 6.45) is 2.31. The first-order valence-corrected chi connectivity index (χ1v) is 11.6. The molecule has 1 aliphatic heterocycles. The normalized spacial score (nSPS) is 17.5. The second-order valence-electron chi connectivity index (χ2n) is 9.88. The largest absolute Gasteiger partial charge is 0.443 e. The van der Waals surface area contributed by atoms with Gasteiger partial charge in [-0.2, -0.15) is 0 Å². The minimum atomic E-state index is -1.36. The lowest BCUT2D eigenvalue weighted by Gasteiger charge is -2.27. The number of carbonyl (C=O) groups excluding carboxylic acids is 3. The van der Waals surface area contributed by atoms with Gasteiger partial charge in [-0.15, -0.1) is 0 Å². The van der Waals surface area contributed by atoms with Crippen LogP contribution in [0.25, 0.3) is 0 Å². The number of benzene rings is 3. The van der Waals surface area contributed by atoms with Crippen LogP contribution < -0.4 is 4.90 Å². The van der Waals surface area contributed by atoms with Gasteiger partial charge >= 0.3 is 6.09 Å². The van der Waals surface area contributed by atoms with E-state index in [4.69, 9.17) is 4.74 Å². The first-order valence-electron chi connectivity index (χ1n) is 11.6. The molecule has 0 radical (unpaired) electrons. The summed E-state index contributed by atoms with van der Waals surface area (Å²) in [4.78, 5) is 41.6. The van der Waals surface area contributed by atoms with Gasteiger partial charge in [0.1, 0.15) is 11.0 Å². The molecule has 5 nitrogen and oxygen atoms in total. The topological polar surface area (TPSA) is 63.7 Å². The summed E-state index contributed by atoms with van der Waals surface area (Å²) in [5.74, 6) is -0.705. The summed E-state index contributed by atoms with van der Waals surface area (Å²) >= 11 is 0. The van der Waals surface area contributed by atoms with Crippen molar-refractivity contribution in [3.05, 3.63) is 113 Å². The molecule has 0 saturated carbocycles. The van der Waals surface area contributed by atoms with Gasteiger partial charge < -0.3 is 4.74 Å². The van der Waals surface area contributed by atoms with E-state index in [0.717, 1.165) is 16.0 Å². The summed E-state index contributed by atoms with van der Waals surface area (Å²) in [6, 6.07) is 22.0. The van der Waals surface area contributed by atoms with E-state index < -0.39 is 23.0 Å². The lowest BCUT2D eigenvalue weighted by Crippen LogP contribution is -2.45. The van der Waals surface area contributed by atoms with Crippen LogP contribution in [0.1, 0.15) is 53.4 Å². The number of anilines is 1. The first kappa shape index (κ1) is 24.1. The smallest absolute Gasteiger partial charge is 0.421 e. The highest BCUT2D eigenvalue weighted by molar-refractivity contribution is 6.24. The second kappa shape index (κ2) is 8.99. The fourth-order valence-electron chi connectivity index (χ4n) is 4.30. The quantitative estimate of drug-likeness (QED) is 0.333. The minimum absolute atomic E-state index is 0.227. The standard InChI is InChI=1S/C30H29NO4/c1-20-11-14-23(15-12-20)30(18-17-26(32)22-9-7-6-8-10-22)24-19-21(2)13-16-25(24)31(27(30)33)28(34)35-29(3,4)5/h6-19H,1-5H3/b18-17-/t30-/m0/s1. The average molecular weight is 468 g/mol. The molecule has 0 aliphatic carbocycles. The van der Waals surface area contributed by atoms with Crippen LogP contribution in [0.2, 0.25) is 0 Å². The van der Waals surface area contributed by atoms with Gasteiger partial charge in [-0.1, -0.05) is 83.9 Å². The van der Waals surface area contributed by atoms with Gasteiger partial charge in [-0.05, 0) is 52.3 Å². The Hall–Kier alpha value is -3.99. The van der Waals surface area contributed by atoms with Gasteiger partial charge in [0.25, 0.3) is 5.91 Å². The summed E-state index contributed by atoms with van der Waals surface area (Å²) in [5, 5.41) is 0. The summed E-state index contributed by atoms with van der Waals surface area (Å²) in [5.41, 5.74) is 2.09. The zero-order chi connectivity index (χ0) is 25.4. The lowest BCUT2D eigenvalue weighted by atomic mass is 9.74. The molecule has 0 spiro atoms. The maximum Gasteiger partial charge on any atom is 0.421 e. The van der Waals surface area contributed by atoms with Gasteiger partial charge in [-0.3, -0.25) is 9.59 Å². The fraction of sp³-hybridized carbons (Fsp3) is 0.233. The van der Waals surface area contributed by atoms with Crippen molar-refractivity contribution in [2.75, 3.05) is 4.90 Å². The van der Waals surface area contributed by atoms with Crippen LogP contribution in [-0.4, -0.2) is 23.4 Å². The second-order valence-corrected chi connectivity index (χ2v) is 9.88. The number of hydrogen-bond acceptors (Lipinski definition) is 4. The van der Waals surface area contributed by atoms with E-state index in [2.05, 4.69) is 0 Å². The zero-order valence-corrected chi connectivity index (χ0v) is 20.7. The molecule has 1 aliphatic rings. The van der Waals surface area contributed by atoms with Crippen LogP contribution in [0.4, 0.5) is 10.5 Å². The molecule has 0 bridgehead atoms. The van der Waals surface area contributed by atoms with Gasteiger partial charge in [0.05, 0.1) is 5.69 Å². The highest BCUT2D eigenvalue weighted by Gasteiger charge is 2.53. The number of rotatable bonds is 4. The highest BCUT2D eigenvalue weighted by Crippen LogP contribution is 2.48. The number of hydrogen-bond donors (Lipinski definition) is 0. The number of fused-ring (bicyclic) bond motifs is 1. The number of ketones is 1. The summed E-state index contributed by atoms with van der Waals surface area (Å²) in [6.45, 7) is 9.17. The van der Waals surface area contributed by atoms with E-state index in [1.165, 1.54) is 6.08 Å². The molecule has 5 heteroatoms. The van der Waals surface area contributed by atoms with Crippen LogP contribution in [0, 0.1) is 13.8 Å². The Bertz CT molecular complexity index is 1320. The van der Waals surface area contributed by atoms with Crippen molar-refractivity contribution >= 4 is 23.5 Å². The van der Waals surface area contributed by atoms with E-state index in [0.29, 0.717) is 22.4 Å². The lowest BCUT2D eigenvalue weighted by molar-refractivity contribution is -0.120. The minimum Gasteiger partial charge on any atom is -0.443 e. The average Bonchev–Trinajstić information content (AvgIpc) is 3.05. The molecule has 0 aromatic heterocycles. The summed E-state index contributed by atoms with van der Waals surface area (Å²) in [7, 11) is 0. The Balaban J connectivity index is 1.93. The van der Waals surface area contributed by atoms with E-state index in [1.807, 2.05) is 56.3 Å². The van der Waals surface area contributed by atoms with Crippen molar-refractivity contribution in [3.63, 3.8) is 0 Å². The molecule has 0 saturated heterocycles. The van der Waals surface area contributed by atoms with Crippen molar-refractivity contribution < 1.29 is 19.1 Å². The van der Waals surface area contributed by atoms with Crippen molar-refractivity contribution in [1.29, 1.82) is 0 Å². The monoisotopic (exact) mass is 467 g/mol. The molecule has 4 rings (SSSR count). The van der Waals surface area contributed by atoms with E-state index in [1.54, 1.807) is 57.2 Å². The molecule has 3 aromatic rings. The van der Waals surface area contributed by atoms with Crippen molar-refractivity contribution in [2.24, 2.45) is 0 Å². The van der Waals surface area contributed by atoms with Crippen LogP contribution in [-0.2, 0) is 14.9 Å². The Morgan fingerprint density at radius 3 is 2.14 bits per heavy atom. The van der Waals surface area contributed by atoms with E-state index in [9.17, 15) is 14.4 Å². The number of imide groups is 1. The van der Waals surface area contributed by atoms with Gasteiger partial charge in [0.2, 0.25) is 0 Å². The Morgan fingerprint density at radius 1 is 0.886 bits per heavy atom. The van der Waals surface area contributed by atoms with E-state index >= 15 is 0 Å². The van der Waals surface area contributed by atoms with Gasteiger partial charge in [0.15, 0.2) is 5.78 Å². The van der Waals surface area contributed by atoms with Crippen molar-refractivity contribution in [3.8, 4) is 0 Å². The number of aryl methyl sites for hydroxylation is 2. The SMILES string of the molecule is Cc1ccc([C@]2(/C=C\C(=O)c3ccccc3)C(=O)N(C(=O)OC(C)(C)C)c3ccc(C)cc32)cc1. The maximum atomic E-state index is 14.2. The molecule has 0 fully saturated rings. The predicted molar refractivity (Wildman–Crippen MR) is 137 cm³/mol. The highest BCUT2D eigenvalue weighted by atomic mass is 16.6. The molecule has 1 heterocycles. The van der Waals surface area contributed by atoms with Crippen LogP contribution in [0.15, 0.2) is 84.9 Å². The third-order valence-corrected chi connectivity index (χ3v) is 5.98. The zero-order valence-electron chi connectivity index (χ0n) is 20.7. The Kier molecular flexibility index (Phi) is 6.20. The molecule has 3 aromatic carbocycles. The number of amides is 2. The molecule has 2 amide bonds. The first-order chi connectivity index (χ1) is 16.5. The van der Waals surface area contributed by atoms with Crippen molar-refractivity contribution in [2.45, 2.75) is 45.6 Å². The molecule has 178 valence electrons. The molecular weight excluding hydrogens is 438 g/mol. The Morgan fingerprint density at radius 2 is 1.51 bits per heavy atom. The summed E-state index contributed by atoms with van der Waals surface area (Å²) < 4.78 is 5.60. The Labute approximate surface area is 206 Å². The van der Waals surface area contributed by atoms with E-state index in [-0.39, 0.29) is 5.78 Å². The van der Waals surface area contributed by atoms with Gasteiger partial charge in [-0.25, -0.2) is 9.69 Å². The van der Waals surface area contributed by atoms with Crippen molar-refractivity contribution in [1.82, 2.24) is 0 Å². The molecule has 0 N–H and O–H groups in total. The molecule has 0 unspecified atom stereocenters. The molecule has 1 atom stereocenters. The van der Waals surface area contributed by atoms with Crippen LogP contribution >= 0.6 is 0 Å². The number of carbonyl (C=O) groups is 3. The number of ether oxygens (including phenoxy) is 1. The number of allylic oxidation sites excluding steroid dienone is 1. The van der Waals surface area contributed by atoms with Crippen LogP contribution in [0.3, 0.4) is 0 Å². The number of nitrogens with zero attached hydrogens (tertiary/aromatic N) is 1. The molecule has 35 heavy (non-hydrogen) atoms. The van der Waals surface area contributed by atoms with Gasteiger partial charge in [0, 0.05) is 11.1 Å².